The second-order valence-electron chi connectivity index (χ2n) is 20.8. The van der Waals surface area contributed by atoms with E-state index in [2.05, 4.69) is 126 Å². The van der Waals surface area contributed by atoms with Crippen molar-refractivity contribution in [2.45, 2.75) is 120 Å². The maximum Gasteiger partial charge on any atom is 0.333 e. The lowest BCUT2D eigenvalue weighted by Crippen LogP contribution is -2.58. The topological polar surface area (TPSA) is 8.17 Å². The maximum atomic E-state index is 2.86. The van der Waals surface area contributed by atoms with Crippen molar-refractivity contribution in [1.82, 2.24) is 4.48 Å². The van der Waals surface area contributed by atoms with E-state index in [1.54, 1.807) is 11.1 Å². The molecule has 4 saturated carbocycles. The fourth-order valence-corrected chi connectivity index (χ4v) is 15.2. The first-order chi connectivity index (χ1) is 28.4. The SMILES string of the molecule is CC1(C)c2ccccc2N2c3c(cccc31)B1c3c(cc4ccccc4c32)-c2cc(C34CCCC(CCC3)C4)cc3c4cc(C56CCCC(CCC5)C6)ccc4n1c23. The van der Waals surface area contributed by atoms with Crippen LogP contribution in [0, 0.1) is 11.8 Å². The van der Waals surface area contributed by atoms with Gasteiger partial charge < -0.3 is 9.38 Å². The van der Waals surface area contributed by atoms with Gasteiger partial charge in [-0.15, -0.1) is 0 Å². The summed E-state index contributed by atoms with van der Waals surface area (Å²) in [5.41, 5.74) is 19.6. The van der Waals surface area contributed by atoms with Crippen LogP contribution in [0.1, 0.15) is 126 Å². The van der Waals surface area contributed by atoms with Crippen LogP contribution in [0.5, 0.6) is 0 Å². The van der Waals surface area contributed by atoms with Gasteiger partial charge in [-0.3, -0.25) is 0 Å². The van der Waals surface area contributed by atoms with Crippen LogP contribution < -0.4 is 15.8 Å². The van der Waals surface area contributed by atoms with Gasteiger partial charge in [-0.1, -0.05) is 132 Å². The summed E-state index contributed by atoms with van der Waals surface area (Å²) in [4.78, 5) is 2.71. The van der Waals surface area contributed by atoms with Gasteiger partial charge in [-0.05, 0) is 142 Å². The van der Waals surface area contributed by atoms with Crippen molar-refractivity contribution >= 4 is 67.4 Å². The third-order valence-electron chi connectivity index (χ3n) is 17.7. The van der Waals surface area contributed by atoms with Crippen LogP contribution in [-0.2, 0) is 16.2 Å². The van der Waals surface area contributed by atoms with Crippen LogP contribution in [0.3, 0.4) is 0 Å². The van der Waals surface area contributed by atoms with E-state index in [0.29, 0.717) is 10.8 Å². The number of rotatable bonds is 2. The van der Waals surface area contributed by atoms with E-state index < -0.39 is 0 Å². The fraction of sp³-hybridized carbons (Fsp3) is 0.382. The zero-order valence-electron chi connectivity index (χ0n) is 34.3. The third-order valence-corrected chi connectivity index (χ3v) is 17.7. The molecule has 0 atom stereocenters. The lowest BCUT2D eigenvalue weighted by Gasteiger charge is -2.48. The Morgan fingerprint density at radius 2 is 1.24 bits per heavy atom. The first-order valence-corrected chi connectivity index (χ1v) is 23.1. The highest BCUT2D eigenvalue weighted by molar-refractivity contribution is 6.90. The van der Waals surface area contributed by atoms with Crippen molar-refractivity contribution in [3.8, 4) is 11.1 Å². The fourth-order valence-electron chi connectivity index (χ4n) is 15.2. The number of hydrogen-bond donors (Lipinski definition) is 0. The van der Waals surface area contributed by atoms with Crippen LogP contribution in [0.4, 0.5) is 17.1 Å². The van der Waals surface area contributed by atoms with Gasteiger partial charge in [0.15, 0.2) is 0 Å². The number of fused-ring (bicyclic) bond motifs is 15. The largest absolute Gasteiger partial charge is 0.375 e. The normalized spacial score (nSPS) is 27.1. The van der Waals surface area contributed by atoms with Crippen LogP contribution in [0.25, 0.3) is 43.7 Å². The average molecular weight is 753 g/mol. The molecule has 4 aliphatic carbocycles. The Balaban J connectivity index is 1.13. The summed E-state index contributed by atoms with van der Waals surface area (Å²) in [6.45, 7) is 4.99. The molecule has 3 aliphatic heterocycles. The Kier molecular flexibility index (Phi) is 6.45. The molecule has 0 amide bonds. The monoisotopic (exact) mass is 752 g/mol. The predicted octanol–water partition coefficient (Wildman–Crippen LogP) is 13.2. The molecule has 0 radical (unpaired) electrons. The maximum absolute atomic E-state index is 2.86. The second kappa shape index (κ2) is 11.3. The van der Waals surface area contributed by atoms with E-state index in [9.17, 15) is 0 Å². The van der Waals surface area contributed by atoms with E-state index >= 15 is 0 Å². The van der Waals surface area contributed by atoms with Gasteiger partial charge in [0.2, 0.25) is 0 Å². The molecule has 1 aromatic heterocycles. The van der Waals surface area contributed by atoms with Gasteiger partial charge in [0.25, 0.3) is 0 Å². The molecular formula is C55H53BN2. The standard InChI is InChI=1S/C55H53BN2/c1-53(2)44-18-5-6-21-48(44)57-51-39-17-4-3-16-36(39)28-41-43-31-38(55-26-10-14-35(33-55)15-11-27-55)30-42-40-29-37(54-24-8-12-34(32-54)13-9-25-54)22-23-47(40)58(50(42)43)56(49(41)51)46-20-7-19-45(53)52(46)57/h3-7,16-23,28-31,34-35H,8-15,24-27,32-33H2,1-2H3. The summed E-state index contributed by atoms with van der Waals surface area (Å²) < 4.78 is 2.86. The van der Waals surface area contributed by atoms with Crippen molar-refractivity contribution in [1.29, 1.82) is 0 Å². The number of benzene rings is 6. The molecule has 286 valence electrons. The molecule has 6 aromatic carbocycles. The van der Waals surface area contributed by atoms with Crippen molar-refractivity contribution in [3.63, 3.8) is 0 Å². The van der Waals surface area contributed by atoms with E-state index in [1.165, 1.54) is 173 Å². The zero-order chi connectivity index (χ0) is 38.1. The molecule has 4 fully saturated rings. The molecule has 7 aliphatic rings. The summed E-state index contributed by atoms with van der Waals surface area (Å²) in [6.07, 6.45) is 19.5. The lowest BCUT2D eigenvalue weighted by molar-refractivity contribution is 0.149. The first-order valence-electron chi connectivity index (χ1n) is 23.1. The minimum Gasteiger partial charge on any atom is -0.375 e. The van der Waals surface area contributed by atoms with Crippen molar-refractivity contribution < 1.29 is 0 Å². The molecule has 14 rings (SSSR count). The summed E-state index contributed by atoms with van der Waals surface area (Å²) in [7, 11) is 0. The van der Waals surface area contributed by atoms with Gasteiger partial charge >= 0.3 is 6.85 Å². The summed E-state index contributed by atoms with van der Waals surface area (Å²) in [5, 5.41) is 5.74. The van der Waals surface area contributed by atoms with Crippen molar-refractivity contribution in [2.75, 3.05) is 4.90 Å². The molecular weight excluding hydrogens is 699 g/mol. The number of nitrogens with zero attached hydrogens (tertiary/aromatic N) is 2. The van der Waals surface area contributed by atoms with Crippen LogP contribution in [0.2, 0.25) is 0 Å². The number of hydrogen-bond acceptors (Lipinski definition) is 1. The summed E-state index contributed by atoms with van der Waals surface area (Å²) in [5.74, 6) is 1.80. The minimum absolute atomic E-state index is 0.0878. The minimum atomic E-state index is -0.123. The van der Waals surface area contributed by atoms with E-state index in [4.69, 9.17) is 0 Å². The summed E-state index contributed by atoms with van der Waals surface area (Å²) >= 11 is 0. The molecule has 0 spiro atoms. The van der Waals surface area contributed by atoms with Crippen LogP contribution in [0.15, 0.2) is 103 Å². The predicted molar refractivity (Wildman–Crippen MR) is 245 cm³/mol. The second-order valence-corrected chi connectivity index (χ2v) is 20.8. The van der Waals surface area contributed by atoms with Gasteiger partial charge in [-0.25, -0.2) is 0 Å². The molecule has 7 aromatic rings. The van der Waals surface area contributed by atoms with E-state index in [0.717, 1.165) is 11.8 Å². The van der Waals surface area contributed by atoms with Gasteiger partial charge in [0, 0.05) is 43.9 Å². The molecule has 4 heterocycles. The zero-order valence-corrected chi connectivity index (χ0v) is 34.3. The Morgan fingerprint density at radius 3 is 2.02 bits per heavy atom. The molecule has 0 saturated heterocycles. The highest BCUT2D eigenvalue weighted by atomic mass is 15.2. The number of anilines is 3. The summed E-state index contributed by atoms with van der Waals surface area (Å²) in [6, 6.07) is 42.0. The quantitative estimate of drug-likeness (QED) is 0.160. The third kappa shape index (κ3) is 4.07. The number of para-hydroxylation sites is 2. The number of aromatic nitrogens is 1. The van der Waals surface area contributed by atoms with E-state index in [1.807, 2.05) is 0 Å². The first kappa shape index (κ1) is 33.1. The van der Waals surface area contributed by atoms with Crippen molar-refractivity contribution in [3.05, 3.63) is 125 Å². The van der Waals surface area contributed by atoms with Crippen LogP contribution in [-0.4, -0.2) is 11.3 Å². The molecule has 0 unspecified atom stereocenters. The van der Waals surface area contributed by atoms with Gasteiger partial charge in [-0.2, -0.15) is 0 Å². The molecule has 2 nitrogen and oxygen atoms in total. The van der Waals surface area contributed by atoms with Gasteiger partial charge in [0.05, 0.1) is 11.4 Å². The van der Waals surface area contributed by atoms with Crippen LogP contribution >= 0.6 is 0 Å². The smallest absolute Gasteiger partial charge is 0.333 e. The average Bonchev–Trinajstić information content (AvgIpc) is 3.58. The highest BCUT2D eigenvalue weighted by Gasteiger charge is 2.50. The van der Waals surface area contributed by atoms with Gasteiger partial charge in [0.1, 0.15) is 0 Å². The van der Waals surface area contributed by atoms with E-state index in [-0.39, 0.29) is 12.3 Å². The Bertz CT molecular complexity index is 2920. The Labute approximate surface area is 343 Å². The van der Waals surface area contributed by atoms with Crippen molar-refractivity contribution in [2.24, 2.45) is 11.8 Å². The lowest BCUT2D eigenvalue weighted by atomic mass is 9.44. The Morgan fingerprint density at radius 1 is 0.569 bits per heavy atom. The highest BCUT2D eigenvalue weighted by Crippen LogP contribution is 2.58. The molecule has 3 heteroatoms. The molecule has 4 bridgehead atoms. The molecule has 0 N–H and O–H groups in total. The molecule has 58 heavy (non-hydrogen) atoms. The Hall–Kier alpha value is -4.76.